The summed E-state index contributed by atoms with van der Waals surface area (Å²) in [6, 6.07) is 2.71. The van der Waals surface area contributed by atoms with Gasteiger partial charge in [0.2, 0.25) is 0 Å². The van der Waals surface area contributed by atoms with E-state index in [1.807, 2.05) is 6.92 Å². The average molecular weight is 261 g/mol. The van der Waals surface area contributed by atoms with Crippen LogP contribution in [-0.4, -0.2) is 16.0 Å². The highest BCUT2D eigenvalue weighted by Gasteiger charge is 2.20. The molecule has 0 atom stereocenters. The van der Waals surface area contributed by atoms with Crippen molar-refractivity contribution >= 4 is 5.82 Å². The molecule has 0 unspecified atom stereocenters. The van der Waals surface area contributed by atoms with Crippen molar-refractivity contribution in [3.63, 3.8) is 0 Å². The van der Waals surface area contributed by atoms with Crippen LogP contribution in [0.25, 0.3) is 0 Å². The number of hydrogen-bond donors (Lipinski definition) is 1. The molecule has 1 saturated carbocycles. The fraction of sp³-hybridized carbons (Fsp3) is 0.750. The molecule has 1 fully saturated rings. The van der Waals surface area contributed by atoms with Crippen molar-refractivity contribution < 1.29 is 0 Å². The second kappa shape index (κ2) is 6.88. The van der Waals surface area contributed by atoms with Gasteiger partial charge in [0.05, 0.1) is 0 Å². The number of hydrogen-bond acceptors (Lipinski definition) is 3. The molecule has 0 bridgehead atoms. The van der Waals surface area contributed by atoms with Crippen LogP contribution in [0.5, 0.6) is 0 Å². The Morgan fingerprint density at radius 3 is 2.53 bits per heavy atom. The maximum absolute atomic E-state index is 4.51. The molecule has 0 spiro atoms. The molecule has 1 N–H and O–H groups in total. The van der Waals surface area contributed by atoms with Crippen LogP contribution in [0.2, 0.25) is 0 Å². The summed E-state index contributed by atoms with van der Waals surface area (Å²) in [7, 11) is 0. The Balaban J connectivity index is 1.90. The fourth-order valence-corrected chi connectivity index (χ4v) is 3.10. The summed E-state index contributed by atoms with van der Waals surface area (Å²) in [5.41, 5.74) is 1.13. The first-order chi connectivity index (χ1) is 9.21. The summed E-state index contributed by atoms with van der Waals surface area (Å²) >= 11 is 0. The topological polar surface area (TPSA) is 37.8 Å². The summed E-state index contributed by atoms with van der Waals surface area (Å²) in [6.45, 7) is 6.41. The summed E-state index contributed by atoms with van der Waals surface area (Å²) in [6.07, 6.45) is 9.02. The summed E-state index contributed by atoms with van der Waals surface area (Å²) in [5.74, 6) is 2.85. The van der Waals surface area contributed by atoms with Gasteiger partial charge in [0.25, 0.3) is 0 Å². The zero-order chi connectivity index (χ0) is 13.7. The summed E-state index contributed by atoms with van der Waals surface area (Å²) in [4.78, 5) is 8.94. The molecule has 2 rings (SSSR count). The van der Waals surface area contributed by atoms with E-state index in [0.717, 1.165) is 29.7 Å². The lowest BCUT2D eigenvalue weighted by molar-refractivity contribution is 0.318. The van der Waals surface area contributed by atoms with Crippen LogP contribution in [0.4, 0.5) is 5.82 Å². The van der Waals surface area contributed by atoms with E-state index in [0.29, 0.717) is 6.04 Å². The molecule has 0 amide bonds. The van der Waals surface area contributed by atoms with Gasteiger partial charge in [-0.2, -0.15) is 0 Å². The van der Waals surface area contributed by atoms with Crippen LogP contribution in [-0.2, 0) is 6.42 Å². The van der Waals surface area contributed by atoms with E-state index >= 15 is 0 Å². The molecule has 0 aromatic carbocycles. The Hall–Kier alpha value is -1.12. The molecule has 19 heavy (non-hydrogen) atoms. The predicted octanol–water partition coefficient (Wildman–Crippen LogP) is 4.12. The number of aromatic nitrogens is 2. The molecule has 106 valence electrons. The smallest absolute Gasteiger partial charge is 0.130 e. The normalized spacial score (nSPS) is 23.3. The van der Waals surface area contributed by atoms with Crippen LogP contribution >= 0.6 is 0 Å². The minimum absolute atomic E-state index is 0.604. The molecule has 1 heterocycles. The second-order valence-corrected chi connectivity index (χ2v) is 5.80. The van der Waals surface area contributed by atoms with Gasteiger partial charge in [-0.15, -0.1) is 0 Å². The van der Waals surface area contributed by atoms with Gasteiger partial charge in [-0.05, 0) is 44.9 Å². The monoisotopic (exact) mass is 261 g/mol. The first-order valence-electron chi connectivity index (χ1n) is 7.82. The lowest BCUT2D eigenvalue weighted by Gasteiger charge is -2.29. The molecule has 3 heteroatoms. The lowest BCUT2D eigenvalue weighted by Crippen LogP contribution is -2.26. The molecule has 0 radical (unpaired) electrons. The van der Waals surface area contributed by atoms with Crippen LogP contribution in [0.3, 0.4) is 0 Å². The molecule has 1 aliphatic carbocycles. The highest BCUT2D eigenvalue weighted by Crippen LogP contribution is 2.29. The standard InChI is InChI=1S/C16H27N3/c1-4-6-13-7-9-15(10-8-13)19-16-11-14(5-2)17-12(3)18-16/h11,13,15H,4-10H2,1-3H3,(H,17,18,19). The van der Waals surface area contributed by atoms with Crippen molar-refractivity contribution in [3.05, 3.63) is 17.6 Å². The van der Waals surface area contributed by atoms with Crippen LogP contribution in [0.15, 0.2) is 6.07 Å². The number of aryl methyl sites for hydroxylation is 2. The van der Waals surface area contributed by atoms with E-state index in [1.54, 1.807) is 0 Å². The van der Waals surface area contributed by atoms with Crippen molar-refractivity contribution in [2.75, 3.05) is 5.32 Å². The van der Waals surface area contributed by atoms with E-state index in [2.05, 4.69) is 35.2 Å². The molecule has 1 aromatic heterocycles. The van der Waals surface area contributed by atoms with Gasteiger partial charge >= 0.3 is 0 Å². The van der Waals surface area contributed by atoms with Crippen molar-refractivity contribution in [1.29, 1.82) is 0 Å². The minimum Gasteiger partial charge on any atom is -0.367 e. The van der Waals surface area contributed by atoms with Gasteiger partial charge in [0, 0.05) is 17.8 Å². The molecule has 1 aliphatic rings. The van der Waals surface area contributed by atoms with E-state index in [-0.39, 0.29) is 0 Å². The van der Waals surface area contributed by atoms with Gasteiger partial charge in [0.1, 0.15) is 11.6 Å². The highest BCUT2D eigenvalue weighted by molar-refractivity contribution is 5.37. The first kappa shape index (κ1) is 14.3. The molecule has 3 nitrogen and oxygen atoms in total. The number of nitrogens with zero attached hydrogens (tertiary/aromatic N) is 2. The van der Waals surface area contributed by atoms with Crippen LogP contribution in [0, 0.1) is 12.8 Å². The van der Waals surface area contributed by atoms with Crippen LogP contribution in [0.1, 0.15) is 63.9 Å². The predicted molar refractivity (Wildman–Crippen MR) is 80.4 cm³/mol. The van der Waals surface area contributed by atoms with Gasteiger partial charge in [0.15, 0.2) is 0 Å². The third-order valence-corrected chi connectivity index (χ3v) is 4.15. The minimum atomic E-state index is 0.604. The molecule has 0 aliphatic heterocycles. The molecular formula is C16H27N3. The van der Waals surface area contributed by atoms with E-state index in [1.165, 1.54) is 38.5 Å². The fourth-order valence-electron chi connectivity index (χ4n) is 3.10. The zero-order valence-corrected chi connectivity index (χ0v) is 12.6. The number of nitrogens with one attached hydrogen (secondary N) is 1. The van der Waals surface area contributed by atoms with E-state index in [4.69, 9.17) is 0 Å². The molecular weight excluding hydrogens is 234 g/mol. The Labute approximate surface area is 117 Å². The SMILES string of the molecule is CCCC1CCC(Nc2cc(CC)nc(C)n2)CC1. The Morgan fingerprint density at radius 1 is 1.16 bits per heavy atom. The Kier molecular flexibility index (Phi) is 5.17. The quantitative estimate of drug-likeness (QED) is 0.866. The van der Waals surface area contributed by atoms with Crippen molar-refractivity contribution in [1.82, 2.24) is 9.97 Å². The maximum Gasteiger partial charge on any atom is 0.130 e. The molecule has 1 aromatic rings. The maximum atomic E-state index is 4.51. The summed E-state index contributed by atoms with van der Waals surface area (Å²) in [5, 5.41) is 3.61. The molecule has 0 saturated heterocycles. The zero-order valence-electron chi connectivity index (χ0n) is 12.6. The average Bonchev–Trinajstić information content (AvgIpc) is 2.40. The van der Waals surface area contributed by atoms with Crippen LogP contribution < -0.4 is 5.32 Å². The third kappa shape index (κ3) is 4.19. The highest BCUT2D eigenvalue weighted by atomic mass is 15.0. The van der Waals surface area contributed by atoms with Crippen molar-refractivity contribution in [2.45, 2.75) is 71.8 Å². The van der Waals surface area contributed by atoms with E-state index in [9.17, 15) is 0 Å². The summed E-state index contributed by atoms with van der Waals surface area (Å²) < 4.78 is 0. The van der Waals surface area contributed by atoms with Crippen molar-refractivity contribution in [3.8, 4) is 0 Å². The van der Waals surface area contributed by atoms with Gasteiger partial charge in [-0.1, -0.05) is 26.7 Å². The van der Waals surface area contributed by atoms with E-state index < -0.39 is 0 Å². The Morgan fingerprint density at radius 2 is 1.89 bits per heavy atom. The lowest BCUT2D eigenvalue weighted by atomic mass is 9.83. The number of anilines is 1. The largest absolute Gasteiger partial charge is 0.367 e. The second-order valence-electron chi connectivity index (χ2n) is 5.80. The third-order valence-electron chi connectivity index (χ3n) is 4.15. The number of rotatable bonds is 5. The van der Waals surface area contributed by atoms with Gasteiger partial charge in [-0.3, -0.25) is 0 Å². The van der Waals surface area contributed by atoms with Gasteiger partial charge in [-0.25, -0.2) is 9.97 Å². The van der Waals surface area contributed by atoms with Crippen molar-refractivity contribution in [2.24, 2.45) is 5.92 Å². The first-order valence-corrected chi connectivity index (χ1v) is 7.82. The Bertz CT molecular complexity index is 395. The van der Waals surface area contributed by atoms with Gasteiger partial charge < -0.3 is 5.32 Å².